The van der Waals surface area contributed by atoms with Gasteiger partial charge in [-0.3, -0.25) is 9.59 Å². The smallest absolute Gasteiger partial charge is 0.324 e. The number of hydrogen-bond donors (Lipinski definition) is 2. The van der Waals surface area contributed by atoms with Gasteiger partial charge in [0, 0.05) is 18.5 Å². The average molecular weight is 400 g/mol. The molecule has 0 bridgehead atoms. The number of ether oxygens (including phenoxy) is 3. The summed E-state index contributed by atoms with van der Waals surface area (Å²) in [6.45, 7) is 5.31. The number of fused-ring (bicyclic) bond motifs is 1. The van der Waals surface area contributed by atoms with Crippen molar-refractivity contribution in [2.45, 2.75) is 44.2 Å². The average Bonchev–Trinajstić information content (AvgIpc) is 2.83. The van der Waals surface area contributed by atoms with Gasteiger partial charge < -0.3 is 19.5 Å². The lowest BCUT2D eigenvalue weighted by atomic mass is 10.3. The van der Waals surface area contributed by atoms with Crippen LogP contribution in [0.4, 0.5) is 0 Å². The number of nitrogens with one attached hydrogen (secondary N) is 2. The Kier molecular flexibility index (Phi) is 7.03. The van der Waals surface area contributed by atoms with Crippen LogP contribution in [0.1, 0.15) is 27.2 Å². The fourth-order valence-electron chi connectivity index (χ4n) is 2.28. The highest BCUT2D eigenvalue weighted by molar-refractivity contribution is 7.89. The Hall–Kier alpha value is -2.33. The molecular weight excluding hydrogens is 376 g/mol. The van der Waals surface area contributed by atoms with Crippen molar-refractivity contribution < 1.29 is 32.2 Å². The summed E-state index contributed by atoms with van der Waals surface area (Å²) >= 11 is 0. The summed E-state index contributed by atoms with van der Waals surface area (Å²) in [6, 6.07) is 2.96. The Morgan fingerprint density at radius 3 is 2.48 bits per heavy atom. The molecule has 1 heterocycles. The largest absolute Gasteiger partial charge is 0.490 e. The quantitative estimate of drug-likeness (QED) is 0.643. The monoisotopic (exact) mass is 400 g/mol. The van der Waals surface area contributed by atoms with Crippen molar-refractivity contribution in [1.29, 1.82) is 0 Å². The van der Waals surface area contributed by atoms with E-state index in [-0.39, 0.29) is 10.9 Å². The second-order valence-electron chi connectivity index (χ2n) is 6.33. The molecule has 1 aromatic rings. The topological polar surface area (TPSA) is 120 Å². The summed E-state index contributed by atoms with van der Waals surface area (Å²) < 4.78 is 43.0. The van der Waals surface area contributed by atoms with E-state index < -0.39 is 34.5 Å². The second kappa shape index (κ2) is 9.05. The summed E-state index contributed by atoms with van der Waals surface area (Å²) in [5, 5.41) is 2.56. The van der Waals surface area contributed by atoms with E-state index in [0.29, 0.717) is 31.1 Å². The van der Waals surface area contributed by atoms with Gasteiger partial charge in [-0.05, 0) is 32.9 Å². The van der Waals surface area contributed by atoms with Crippen molar-refractivity contribution in [1.82, 2.24) is 10.0 Å². The molecule has 2 rings (SSSR count). The van der Waals surface area contributed by atoms with E-state index in [2.05, 4.69) is 10.0 Å². The van der Waals surface area contributed by atoms with Gasteiger partial charge in [0.05, 0.1) is 18.1 Å². The molecule has 10 heteroatoms. The van der Waals surface area contributed by atoms with Crippen LogP contribution >= 0.6 is 0 Å². The van der Waals surface area contributed by atoms with Gasteiger partial charge in [0.25, 0.3) is 5.91 Å². The molecule has 27 heavy (non-hydrogen) atoms. The molecule has 0 saturated heterocycles. The van der Waals surface area contributed by atoms with Crippen LogP contribution in [-0.2, 0) is 24.3 Å². The zero-order valence-corrected chi connectivity index (χ0v) is 16.3. The zero-order valence-electron chi connectivity index (χ0n) is 15.5. The third-order valence-corrected chi connectivity index (χ3v) is 5.05. The molecule has 1 atom stereocenters. The lowest BCUT2D eigenvalue weighted by Crippen LogP contribution is -2.41. The Morgan fingerprint density at radius 2 is 1.81 bits per heavy atom. The number of carbonyl (C=O) groups is 2. The van der Waals surface area contributed by atoms with Crippen LogP contribution in [-0.4, -0.2) is 52.2 Å². The van der Waals surface area contributed by atoms with Gasteiger partial charge in [-0.1, -0.05) is 0 Å². The second-order valence-corrected chi connectivity index (χ2v) is 8.05. The minimum absolute atomic E-state index is 0.0658. The maximum Gasteiger partial charge on any atom is 0.324 e. The molecule has 0 aromatic heterocycles. The fourth-order valence-corrected chi connectivity index (χ4v) is 3.49. The molecule has 1 amide bonds. The van der Waals surface area contributed by atoms with Crippen LogP contribution in [0.25, 0.3) is 0 Å². The van der Waals surface area contributed by atoms with Gasteiger partial charge in [-0.15, -0.1) is 0 Å². The van der Waals surface area contributed by atoms with Gasteiger partial charge in [0.2, 0.25) is 10.0 Å². The molecule has 1 aromatic carbocycles. The van der Waals surface area contributed by atoms with Gasteiger partial charge in [0.1, 0.15) is 6.04 Å². The van der Waals surface area contributed by atoms with Gasteiger partial charge >= 0.3 is 5.97 Å². The Morgan fingerprint density at radius 1 is 1.15 bits per heavy atom. The van der Waals surface area contributed by atoms with Crippen molar-refractivity contribution in [2.75, 3.05) is 19.8 Å². The number of amides is 1. The molecule has 150 valence electrons. The van der Waals surface area contributed by atoms with Crippen LogP contribution in [0.2, 0.25) is 0 Å². The first-order chi connectivity index (χ1) is 12.7. The molecular formula is C17H24N2O7S. The maximum atomic E-state index is 12.5. The zero-order chi connectivity index (χ0) is 20.0. The lowest BCUT2D eigenvalue weighted by molar-refractivity contribution is -0.149. The Balaban J connectivity index is 1.99. The minimum Gasteiger partial charge on any atom is -0.490 e. The summed E-state index contributed by atoms with van der Waals surface area (Å²) in [5.41, 5.74) is 0. The maximum absolute atomic E-state index is 12.5. The predicted molar refractivity (Wildman–Crippen MR) is 96.1 cm³/mol. The van der Waals surface area contributed by atoms with Crippen LogP contribution in [0.3, 0.4) is 0 Å². The van der Waals surface area contributed by atoms with E-state index in [1.807, 2.05) is 0 Å². The number of rotatable bonds is 7. The number of carbonyl (C=O) groups excluding carboxylic acids is 2. The molecule has 9 nitrogen and oxygen atoms in total. The lowest BCUT2D eigenvalue weighted by Gasteiger charge is -2.15. The third kappa shape index (κ3) is 6.10. The van der Waals surface area contributed by atoms with E-state index >= 15 is 0 Å². The van der Waals surface area contributed by atoms with E-state index in [4.69, 9.17) is 14.2 Å². The highest BCUT2D eigenvalue weighted by Gasteiger charge is 2.25. The van der Waals surface area contributed by atoms with Gasteiger partial charge in [-0.2, -0.15) is 4.72 Å². The SMILES string of the molecule is CC(C)NC(=O)COC(=O)[C@H](C)NS(=O)(=O)c1ccc2c(c1)OCCCO2. The first kappa shape index (κ1) is 21.0. The number of hydrogen-bond acceptors (Lipinski definition) is 7. The van der Waals surface area contributed by atoms with Crippen molar-refractivity contribution >= 4 is 21.9 Å². The molecule has 0 aliphatic carbocycles. The molecule has 1 aliphatic heterocycles. The summed E-state index contributed by atoms with van der Waals surface area (Å²) in [5.74, 6) is -0.519. The standard InChI is InChI=1S/C17H24N2O7S/c1-11(2)18-16(20)10-26-17(21)12(3)19-27(22,23)13-5-6-14-15(9-13)25-8-4-7-24-14/h5-6,9,11-12,19H,4,7-8,10H2,1-3H3,(H,18,20)/t12-/m0/s1. The van der Waals surface area contributed by atoms with E-state index in [0.717, 1.165) is 0 Å². The fraction of sp³-hybridized carbons (Fsp3) is 0.529. The van der Waals surface area contributed by atoms with Crippen LogP contribution < -0.4 is 19.5 Å². The number of sulfonamides is 1. The highest BCUT2D eigenvalue weighted by atomic mass is 32.2. The minimum atomic E-state index is -3.99. The van der Waals surface area contributed by atoms with Crippen molar-refractivity contribution in [2.24, 2.45) is 0 Å². The summed E-state index contributed by atoms with van der Waals surface area (Å²) in [6.07, 6.45) is 0.697. The van der Waals surface area contributed by atoms with E-state index in [1.54, 1.807) is 13.8 Å². The molecule has 0 saturated carbocycles. The van der Waals surface area contributed by atoms with Crippen molar-refractivity contribution in [3.8, 4) is 11.5 Å². The van der Waals surface area contributed by atoms with E-state index in [1.165, 1.54) is 25.1 Å². The Bertz CT molecular complexity index is 792. The molecule has 0 fully saturated rings. The van der Waals surface area contributed by atoms with Crippen molar-refractivity contribution in [3.63, 3.8) is 0 Å². The number of esters is 1. The number of benzene rings is 1. The van der Waals surface area contributed by atoms with E-state index in [9.17, 15) is 18.0 Å². The van der Waals surface area contributed by atoms with Gasteiger partial charge in [0.15, 0.2) is 18.1 Å². The Labute approximate surface area is 158 Å². The predicted octanol–water partition coefficient (Wildman–Crippen LogP) is 0.583. The summed E-state index contributed by atoms with van der Waals surface area (Å²) in [4.78, 5) is 23.4. The van der Waals surface area contributed by atoms with Crippen LogP contribution in [0, 0.1) is 0 Å². The van der Waals surface area contributed by atoms with Crippen LogP contribution in [0.5, 0.6) is 11.5 Å². The molecule has 0 spiro atoms. The first-order valence-corrected chi connectivity index (χ1v) is 10.1. The van der Waals surface area contributed by atoms with Crippen molar-refractivity contribution in [3.05, 3.63) is 18.2 Å². The first-order valence-electron chi connectivity index (χ1n) is 8.57. The molecule has 2 N–H and O–H groups in total. The molecule has 0 radical (unpaired) electrons. The normalized spacial score (nSPS) is 15.0. The van der Waals surface area contributed by atoms with Crippen LogP contribution in [0.15, 0.2) is 23.1 Å². The van der Waals surface area contributed by atoms with Gasteiger partial charge in [-0.25, -0.2) is 8.42 Å². The molecule has 1 aliphatic rings. The summed E-state index contributed by atoms with van der Waals surface area (Å²) in [7, 11) is -3.99. The molecule has 0 unspecified atom stereocenters. The third-order valence-electron chi connectivity index (χ3n) is 3.51. The highest BCUT2D eigenvalue weighted by Crippen LogP contribution is 2.31.